The van der Waals surface area contributed by atoms with Gasteiger partial charge in [0.25, 0.3) is 0 Å². The van der Waals surface area contributed by atoms with Crippen molar-refractivity contribution >= 4 is 51.3 Å². The summed E-state index contributed by atoms with van der Waals surface area (Å²) in [5.41, 5.74) is 4.56. The lowest BCUT2D eigenvalue weighted by atomic mass is 9.96. The van der Waals surface area contributed by atoms with Crippen LogP contribution in [-0.2, 0) is 0 Å². The summed E-state index contributed by atoms with van der Waals surface area (Å²) in [4.78, 5) is 17.8. The van der Waals surface area contributed by atoms with Crippen LogP contribution in [0.3, 0.4) is 0 Å². The van der Waals surface area contributed by atoms with Gasteiger partial charge in [-0.3, -0.25) is 14.5 Å². The molecule has 2 aromatic heterocycles. The first-order chi connectivity index (χ1) is 17.5. The predicted molar refractivity (Wildman–Crippen MR) is 144 cm³/mol. The quantitative estimate of drug-likeness (QED) is 0.252. The van der Waals surface area contributed by atoms with Crippen LogP contribution in [0.15, 0.2) is 48.9 Å². The molecule has 6 rings (SSSR count). The minimum Gasteiger partial charge on any atom is -0.505 e. The van der Waals surface area contributed by atoms with Crippen LogP contribution in [-0.4, -0.2) is 25.7 Å². The van der Waals surface area contributed by atoms with Crippen LogP contribution < -0.4 is 5.32 Å². The molecule has 8 heteroatoms. The van der Waals surface area contributed by atoms with Gasteiger partial charge in [-0.25, -0.2) is 0 Å². The van der Waals surface area contributed by atoms with E-state index in [4.69, 9.17) is 23.2 Å². The van der Waals surface area contributed by atoms with Crippen molar-refractivity contribution in [2.45, 2.75) is 51.0 Å². The van der Waals surface area contributed by atoms with Gasteiger partial charge in [0.2, 0.25) is 0 Å². The fourth-order valence-electron chi connectivity index (χ4n) is 5.08. The van der Waals surface area contributed by atoms with Gasteiger partial charge in [-0.1, -0.05) is 48.5 Å². The Bertz CT molecular complexity index is 1450. The first-order valence-electron chi connectivity index (χ1n) is 12.4. The van der Waals surface area contributed by atoms with Gasteiger partial charge in [-0.15, -0.1) is 0 Å². The molecule has 2 aliphatic carbocycles. The number of pyridine rings is 1. The number of halogens is 2. The molecular formula is C28H26Cl2N4O2. The van der Waals surface area contributed by atoms with E-state index in [9.17, 15) is 9.90 Å². The van der Waals surface area contributed by atoms with Gasteiger partial charge in [0.15, 0.2) is 11.5 Å². The van der Waals surface area contributed by atoms with Crippen LogP contribution in [0.2, 0.25) is 10.0 Å². The lowest BCUT2D eigenvalue weighted by molar-refractivity contribution is 0.0968. The third-order valence-corrected chi connectivity index (χ3v) is 7.83. The Labute approximate surface area is 219 Å². The van der Waals surface area contributed by atoms with Crippen molar-refractivity contribution in [2.24, 2.45) is 5.92 Å². The Morgan fingerprint density at radius 2 is 1.72 bits per heavy atom. The van der Waals surface area contributed by atoms with E-state index in [2.05, 4.69) is 20.1 Å². The molecule has 0 bridgehead atoms. The Morgan fingerprint density at radius 3 is 2.44 bits per heavy atom. The van der Waals surface area contributed by atoms with Crippen LogP contribution in [0.5, 0.6) is 5.75 Å². The number of hydrogen-bond donors (Lipinski definition) is 2. The number of hydrogen-bond acceptors (Lipinski definition) is 5. The molecule has 4 aromatic rings. The van der Waals surface area contributed by atoms with Gasteiger partial charge < -0.3 is 10.4 Å². The number of carbonyl (C=O) groups excluding carboxylic acids is 1. The number of fused-ring (bicyclic) bond motifs is 1. The second kappa shape index (κ2) is 9.41. The number of nitrogens with one attached hydrogen (secondary N) is 1. The van der Waals surface area contributed by atoms with E-state index < -0.39 is 0 Å². The lowest BCUT2D eigenvalue weighted by Crippen LogP contribution is -2.13. The minimum atomic E-state index is -0.140. The number of ketones is 1. The second-order valence-electron chi connectivity index (χ2n) is 9.83. The fraction of sp³-hybridized carbons (Fsp3) is 0.321. The molecular weight excluding hydrogens is 495 g/mol. The average Bonchev–Trinajstić information content (AvgIpc) is 3.65. The van der Waals surface area contributed by atoms with Crippen LogP contribution >= 0.6 is 23.2 Å². The van der Waals surface area contributed by atoms with Crippen molar-refractivity contribution in [3.63, 3.8) is 0 Å². The number of phenolic OH excluding ortho intramolecular Hbond substituents is 1. The van der Waals surface area contributed by atoms with Gasteiger partial charge >= 0.3 is 0 Å². The highest BCUT2D eigenvalue weighted by atomic mass is 35.5. The third kappa shape index (κ3) is 4.44. The Morgan fingerprint density at radius 1 is 0.972 bits per heavy atom. The largest absolute Gasteiger partial charge is 0.505 e. The number of nitrogens with zero attached hydrogens (tertiary/aromatic N) is 3. The lowest BCUT2D eigenvalue weighted by Gasteiger charge is -2.21. The number of aromatic hydroxyl groups is 1. The summed E-state index contributed by atoms with van der Waals surface area (Å²) in [6.07, 6.45) is 13.4. The molecule has 36 heavy (non-hydrogen) atoms. The molecule has 0 amide bonds. The van der Waals surface area contributed by atoms with Crippen LogP contribution in [0, 0.1) is 5.92 Å². The summed E-state index contributed by atoms with van der Waals surface area (Å²) in [5.74, 6) is 0.0412. The zero-order valence-corrected chi connectivity index (χ0v) is 21.2. The van der Waals surface area contributed by atoms with Gasteiger partial charge in [0, 0.05) is 23.7 Å². The zero-order valence-electron chi connectivity index (χ0n) is 19.7. The topological polar surface area (TPSA) is 80.0 Å². The summed E-state index contributed by atoms with van der Waals surface area (Å²) >= 11 is 12.4. The molecule has 0 radical (unpaired) electrons. The van der Waals surface area contributed by atoms with E-state index in [1.807, 2.05) is 30.6 Å². The number of Topliss-reactive ketones (excluding diaryl/α,β-unsaturated/α-hetero) is 1. The summed E-state index contributed by atoms with van der Waals surface area (Å²) in [6, 6.07) is 9.61. The van der Waals surface area contributed by atoms with E-state index in [1.54, 1.807) is 18.3 Å². The molecule has 2 fully saturated rings. The fourth-order valence-corrected chi connectivity index (χ4v) is 5.57. The minimum absolute atomic E-state index is 0.0626. The van der Waals surface area contributed by atoms with Gasteiger partial charge in [-0.05, 0) is 61.1 Å². The van der Waals surface area contributed by atoms with Crippen molar-refractivity contribution in [3.05, 3.63) is 64.5 Å². The average molecular weight is 521 g/mol. The molecule has 2 aromatic carbocycles. The summed E-state index contributed by atoms with van der Waals surface area (Å²) < 4.78 is 2.05. The molecule has 2 aliphatic rings. The maximum Gasteiger partial charge on any atom is 0.169 e. The van der Waals surface area contributed by atoms with E-state index in [1.165, 1.54) is 19.3 Å². The summed E-state index contributed by atoms with van der Waals surface area (Å²) in [7, 11) is 0. The monoisotopic (exact) mass is 520 g/mol. The van der Waals surface area contributed by atoms with Crippen molar-refractivity contribution in [3.8, 4) is 16.9 Å². The van der Waals surface area contributed by atoms with Crippen LogP contribution in [0.1, 0.15) is 61.3 Å². The van der Waals surface area contributed by atoms with Crippen molar-refractivity contribution in [2.75, 3.05) is 5.32 Å². The van der Waals surface area contributed by atoms with Crippen molar-refractivity contribution in [1.29, 1.82) is 0 Å². The van der Waals surface area contributed by atoms with Gasteiger partial charge in [-0.2, -0.15) is 5.10 Å². The van der Waals surface area contributed by atoms with E-state index in [0.29, 0.717) is 11.6 Å². The highest BCUT2D eigenvalue weighted by molar-refractivity contribution is 6.37. The summed E-state index contributed by atoms with van der Waals surface area (Å²) in [6.45, 7) is 0. The SMILES string of the molecule is O=C(c1cnc2ccc(-c3cc(Cl)c(O)c(Cl)c3)cc2c1Nc1cnn(C2CCCCC2)c1)C1CC1. The Balaban J connectivity index is 1.44. The highest BCUT2D eigenvalue weighted by Gasteiger charge is 2.32. The molecule has 2 saturated carbocycles. The highest BCUT2D eigenvalue weighted by Crippen LogP contribution is 2.40. The first-order valence-corrected chi connectivity index (χ1v) is 13.2. The smallest absolute Gasteiger partial charge is 0.169 e. The normalized spacial score (nSPS) is 16.4. The van der Waals surface area contributed by atoms with Gasteiger partial charge in [0.05, 0.1) is 44.7 Å². The van der Waals surface area contributed by atoms with Crippen LogP contribution in [0.4, 0.5) is 11.4 Å². The maximum atomic E-state index is 13.2. The molecule has 0 saturated heterocycles. The van der Waals surface area contributed by atoms with E-state index in [-0.39, 0.29) is 27.5 Å². The molecule has 0 unspecified atom stereocenters. The standard InChI is InChI=1S/C28H26Cl2N4O2/c29-23-11-18(12-24(30)28(23)36)17-8-9-25-21(10-17)26(22(14-31-25)27(35)16-6-7-16)33-19-13-32-34(15-19)20-4-2-1-3-5-20/h8-16,20,36H,1-7H2,(H,31,33). The molecule has 184 valence electrons. The molecule has 0 spiro atoms. The molecule has 2 heterocycles. The van der Waals surface area contributed by atoms with Crippen molar-refractivity contribution in [1.82, 2.24) is 14.8 Å². The number of phenols is 1. The molecule has 0 aliphatic heterocycles. The van der Waals surface area contributed by atoms with E-state index in [0.717, 1.165) is 59.1 Å². The number of rotatable bonds is 6. The molecule has 2 N–H and O–H groups in total. The zero-order chi connectivity index (χ0) is 24.8. The molecule has 6 nitrogen and oxygen atoms in total. The van der Waals surface area contributed by atoms with E-state index >= 15 is 0 Å². The first kappa shape index (κ1) is 23.3. The maximum absolute atomic E-state index is 13.2. The number of aromatic nitrogens is 3. The predicted octanol–water partition coefficient (Wildman–Crippen LogP) is 7.95. The Kier molecular flexibility index (Phi) is 6.10. The molecule has 0 atom stereocenters. The second-order valence-corrected chi connectivity index (χ2v) is 10.6. The number of benzene rings is 2. The third-order valence-electron chi connectivity index (χ3n) is 7.25. The summed E-state index contributed by atoms with van der Waals surface area (Å²) in [5, 5.41) is 19.3. The van der Waals surface area contributed by atoms with Crippen molar-refractivity contribution < 1.29 is 9.90 Å². The number of carbonyl (C=O) groups is 1. The Hall–Kier alpha value is -3.09. The van der Waals surface area contributed by atoms with Gasteiger partial charge in [0.1, 0.15) is 0 Å². The van der Waals surface area contributed by atoms with Crippen LogP contribution in [0.25, 0.3) is 22.0 Å². The number of anilines is 2.